The number of nitrogens with one attached hydrogen (secondary N) is 2. The zero-order chi connectivity index (χ0) is 13.9. The molecular formula is C16H21N3O. The van der Waals surface area contributed by atoms with E-state index in [0.717, 1.165) is 38.2 Å². The molecule has 1 unspecified atom stereocenters. The molecule has 1 fully saturated rings. The summed E-state index contributed by atoms with van der Waals surface area (Å²) in [6.07, 6.45) is 4.17. The Hall–Kier alpha value is -1.81. The molecular weight excluding hydrogens is 250 g/mol. The van der Waals surface area contributed by atoms with Crippen molar-refractivity contribution < 1.29 is 4.79 Å². The van der Waals surface area contributed by atoms with Gasteiger partial charge in [0.25, 0.3) is 0 Å². The lowest BCUT2D eigenvalue weighted by molar-refractivity contribution is -0.119. The summed E-state index contributed by atoms with van der Waals surface area (Å²) in [5, 5.41) is 7.43. The van der Waals surface area contributed by atoms with Gasteiger partial charge in [-0.2, -0.15) is 0 Å². The fourth-order valence-corrected chi connectivity index (χ4v) is 2.84. The van der Waals surface area contributed by atoms with Crippen molar-refractivity contribution in [3.05, 3.63) is 30.5 Å². The molecule has 1 atom stereocenters. The fraction of sp³-hybridized carbons (Fsp3) is 0.438. The van der Waals surface area contributed by atoms with Gasteiger partial charge in [0, 0.05) is 35.9 Å². The van der Waals surface area contributed by atoms with E-state index in [9.17, 15) is 4.79 Å². The molecule has 1 amide bonds. The van der Waals surface area contributed by atoms with Gasteiger partial charge in [0.05, 0.1) is 5.92 Å². The molecule has 1 saturated heterocycles. The van der Waals surface area contributed by atoms with Crippen LogP contribution in [0.1, 0.15) is 19.8 Å². The van der Waals surface area contributed by atoms with Gasteiger partial charge in [0.2, 0.25) is 5.91 Å². The van der Waals surface area contributed by atoms with Crippen LogP contribution in [-0.4, -0.2) is 23.6 Å². The van der Waals surface area contributed by atoms with E-state index in [1.165, 1.54) is 10.9 Å². The highest BCUT2D eigenvalue weighted by molar-refractivity contribution is 5.95. The van der Waals surface area contributed by atoms with Crippen molar-refractivity contribution in [3.8, 4) is 0 Å². The number of aryl methyl sites for hydroxylation is 1. The molecule has 4 nitrogen and oxygen atoms in total. The minimum Gasteiger partial charge on any atom is -0.347 e. The summed E-state index contributed by atoms with van der Waals surface area (Å²) in [6, 6.07) is 8.25. The van der Waals surface area contributed by atoms with E-state index in [1.54, 1.807) is 0 Å². The summed E-state index contributed by atoms with van der Waals surface area (Å²) in [7, 11) is 0. The van der Waals surface area contributed by atoms with E-state index in [0.29, 0.717) is 0 Å². The molecule has 106 valence electrons. The van der Waals surface area contributed by atoms with Crippen molar-refractivity contribution >= 4 is 22.5 Å². The summed E-state index contributed by atoms with van der Waals surface area (Å²) in [5.41, 5.74) is 2.12. The average Bonchev–Trinajstić information content (AvgIpc) is 3.09. The number of carbonyl (C=O) groups is 1. The van der Waals surface area contributed by atoms with Crippen molar-refractivity contribution in [3.63, 3.8) is 0 Å². The molecule has 0 spiro atoms. The monoisotopic (exact) mass is 271 g/mol. The van der Waals surface area contributed by atoms with Crippen LogP contribution in [0.25, 0.3) is 10.9 Å². The molecule has 2 N–H and O–H groups in total. The standard InChI is InChI=1S/C16H21N3O/c1-2-8-19-9-6-12-10-14(3-4-15(12)19)18-16(20)13-5-7-17-11-13/h3-4,6,9-10,13,17H,2,5,7-8,11H2,1H3,(H,18,20). The molecule has 0 bridgehead atoms. The second kappa shape index (κ2) is 5.67. The Bertz CT molecular complexity index is 611. The normalized spacial score (nSPS) is 18.6. The fourth-order valence-electron chi connectivity index (χ4n) is 2.84. The highest BCUT2D eigenvalue weighted by Gasteiger charge is 2.22. The average molecular weight is 271 g/mol. The third kappa shape index (κ3) is 2.56. The smallest absolute Gasteiger partial charge is 0.228 e. The van der Waals surface area contributed by atoms with Crippen LogP contribution in [0.5, 0.6) is 0 Å². The van der Waals surface area contributed by atoms with Crippen LogP contribution in [0.2, 0.25) is 0 Å². The summed E-state index contributed by atoms with van der Waals surface area (Å²) >= 11 is 0. The first kappa shape index (κ1) is 13.2. The lowest BCUT2D eigenvalue weighted by atomic mass is 10.1. The minimum absolute atomic E-state index is 0.107. The molecule has 0 radical (unpaired) electrons. The highest BCUT2D eigenvalue weighted by atomic mass is 16.1. The molecule has 2 heterocycles. The molecule has 2 aromatic rings. The van der Waals surface area contributed by atoms with Gasteiger partial charge < -0.3 is 15.2 Å². The minimum atomic E-state index is 0.107. The number of aromatic nitrogens is 1. The topological polar surface area (TPSA) is 46.1 Å². The second-order valence-corrected chi connectivity index (χ2v) is 5.46. The molecule has 0 saturated carbocycles. The maximum absolute atomic E-state index is 12.1. The van der Waals surface area contributed by atoms with E-state index in [1.807, 2.05) is 6.07 Å². The largest absolute Gasteiger partial charge is 0.347 e. The van der Waals surface area contributed by atoms with Crippen LogP contribution in [0.3, 0.4) is 0 Å². The van der Waals surface area contributed by atoms with Crippen LogP contribution < -0.4 is 10.6 Å². The molecule has 0 aliphatic carbocycles. The van der Waals surface area contributed by atoms with E-state index >= 15 is 0 Å². The molecule has 1 aromatic carbocycles. The number of anilines is 1. The molecule has 4 heteroatoms. The molecule has 1 aromatic heterocycles. The van der Waals surface area contributed by atoms with Crippen molar-refractivity contribution in [1.82, 2.24) is 9.88 Å². The van der Waals surface area contributed by atoms with Gasteiger partial charge in [0.1, 0.15) is 0 Å². The SMILES string of the molecule is CCCn1ccc2cc(NC(=O)C3CCNC3)ccc21. The first-order valence-electron chi connectivity index (χ1n) is 7.38. The zero-order valence-electron chi connectivity index (χ0n) is 11.9. The Labute approximate surface area is 119 Å². The number of fused-ring (bicyclic) bond motifs is 1. The summed E-state index contributed by atoms with van der Waals surface area (Å²) < 4.78 is 2.25. The van der Waals surface area contributed by atoms with Crippen LogP contribution in [0.4, 0.5) is 5.69 Å². The summed E-state index contributed by atoms with van der Waals surface area (Å²) in [5.74, 6) is 0.234. The van der Waals surface area contributed by atoms with Crippen molar-refractivity contribution in [2.75, 3.05) is 18.4 Å². The first-order valence-corrected chi connectivity index (χ1v) is 7.38. The summed E-state index contributed by atoms with van der Waals surface area (Å²) in [6.45, 7) is 4.94. The van der Waals surface area contributed by atoms with Gasteiger partial charge in [-0.1, -0.05) is 6.92 Å². The van der Waals surface area contributed by atoms with Crippen molar-refractivity contribution in [1.29, 1.82) is 0 Å². The van der Waals surface area contributed by atoms with Crippen molar-refractivity contribution in [2.45, 2.75) is 26.3 Å². The number of rotatable bonds is 4. The second-order valence-electron chi connectivity index (χ2n) is 5.46. The quantitative estimate of drug-likeness (QED) is 0.898. The first-order chi connectivity index (χ1) is 9.78. The Balaban J connectivity index is 1.77. The Morgan fingerprint density at radius 1 is 1.45 bits per heavy atom. The van der Waals surface area contributed by atoms with Gasteiger partial charge in [-0.25, -0.2) is 0 Å². The number of hydrogen-bond acceptors (Lipinski definition) is 2. The highest BCUT2D eigenvalue weighted by Crippen LogP contribution is 2.22. The third-order valence-electron chi connectivity index (χ3n) is 3.93. The Morgan fingerprint density at radius 2 is 2.35 bits per heavy atom. The van der Waals surface area contributed by atoms with Crippen LogP contribution >= 0.6 is 0 Å². The van der Waals surface area contributed by atoms with E-state index in [-0.39, 0.29) is 11.8 Å². The van der Waals surface area contributed by atoms with E-state index in [2.05, 4.69) is 46.5 Å². The molecule has 1 aliphatic heterocycles. The van der Waals surface area contributed by atoms with Crippen LogP contribution in [0.15, 0.2) is 30.5 Å². The lowest BCUT2D eigenvalue weighted by Gasteiger charge is -2.10. The van der Waals surface area contributed by atoms with Gasteiger partial charge >= 0.3 is 0 Å². The molecule has 20 heavy (non-hydrogen) atoms. The molecule has 1 aliphatic rings. The number of nitrogens with zero attached hydrogens (tertiary/aromatic N) is 1. The third-order valence-corrected chi connectivity index (χ3v) is 3.93. The Kier molecular flexibility index (Phi) is 3.74. The maximum atomic E-state index is 12.1. The maximum Gasteiger partial charge on any atom is 0.228 e. The number of carbonyl (C=O) groups excluding carboxylic acids is 1. The predicted octanol–water partition coefficient (Wildman–Crippen LogP) is 2.60. The number of hydrogen-bond donors (Lipinski definition) is 2. The van der Waals surface area contributed by atoms with Crippen molar-refractivity contribution in [2.24, 2.45) is 5.92 Å². The van der Waals surface area contributed by atoms with Crippen LogP contribution in [-0.2, 0) is 11.3 Å². The van der Waals surface area contributed by atoms with Crippen LogP contribution in [0, 0.1) is 5.92 Å². The van der Waals surface area contributed by atoms with E-state index < -0.39 is 0 Å². The van der Waals surface area contributed by atoms with E-state index in [4.69, 9.17) is 0 Å². The number of benzene rings is 1. The Morgan fingerprint density at radius 3 is 3.10 bits per heavy atom. The zero-order valence-corrected chi connectivity index (χ0v) is 11.9. The summed E-state index contributed by atoms with van der Waals surface area (Å²) in [4.78, 5) is 12.1. The van der Waals surface area contributed by atoms with Gasteiger partial charge in [-0.3, -0.25) is 4.79 Å². The van der Waals surface area contributed by atoms with Gasteiger partial charge in [-0.05, 0) is 43.7 Å². The lowest BCUT2D eigenvalue weighted by Crippen LogP contribution is -2.24. The molecule has 3 rings (SSSR count). The number of amides is 1. The van der Waals surface area contributed by atoms with Gasteiger partial charge in [0.15, 0.2) is 0 Å². The van der Waals surface area contributed by atoms with Gasteiger partial charge in [-0.15, -0.1) is 0 Å². The predicted molar refractivity (Wildman–Crippen MR) is 81.8 cm³/mol.